The van der Waals surface area contributed by atoms with Crippen LogP contribution in [0.15, 0.2) is 48.7 Å². The van der Waals surface area contributed by atoms with Crippen molar-refractivity contribution >= 4 is 28.9 Å². The van der Waals surface area contributed by atoms with Crippen LogP contribution in [0.4, 0.5) is 23.1 Å². The zero-order chi connectivity index (χ0) is 19.2. The van der Waals surface area contributed by atoms with Gasteiger partial charge in [-0.3, -0.25) is 4.79 Å². The Morgan fingerprint density at radius 1 is 1.00 bits per heavy atom. The number of rotatable bonds is 7. The van der Waals surface area contributed by atoms with E-state index in [1.807, 2.05) is 6.07 Å². The maximum Gasteiger partial charge on any atom is 0.249 e. The predicted octanol–water partition coefficient (Wildman–Crippen LogP) is 3.58. The maximum absolute atomic E-state index is 11.3. The van der Waals surface area contributed by atoms with Crippen LogP contribution >= 0.6 is 0 Å². The molecule has 1 aromatic heterocycles. The number of ketones is 1. The van der Waals surface area contributed by atoms with Crippen molar-refractivity contribution in [2.45, 2.75) is 6.92 Å². The molecule has 1 heterocycles. The summed E-state index contributed by atoms with van der Waals surface area (Å²) in [4.78, 5) is 15.7. The van der Waals surface area contributed by atoms with Gasteiger partial charge in [0.25, 0.3) is 0 Å². The lowest BCUT2D eigenvalue weighted by Gasteiger charge is -2.12. The van der Waals surface area contributed by atoms with Crippen LogP contribution in [0.25, 0.3) is 0 Å². The largest absolute Gasteiger partial charge is 0.497 e. The second kappa shape index (κ2) is 8.13. The summed E-state index contributed by atoms with van der Waals surface area (Å²) in [5.74, 6) is 2.11. The van der Waals surface area contributed by atoms with E-state index in [2.05, 4.69) is 25.8 Å². The SMILES string of the molecule is COc1ccc(Nc2nncc(Nc3ccc(C(C)=O)cc3)n2)c(OC)c1. The van der Waals surface area contributed by atoms with Crippen molar-refractivity contribution in [2.75, 3.05) is 24.9 Å². The highest BCUT2D eigenvalue weighted by Gasteiger charge is 2.08. The van der Waals surface area contributed by atoms with Crippen LogP contribution in [0.1, 0.15) is 17.3 Å². The zero-order valence-electron chi connectivity index (χ0n) is 15.2. The molecule has 0 unspecified atom stereocenters. The van der Waals surface area contributed by atoms with E-state index in [4.69, 9.17) is 9.47 Å². The van der Waals surface area contributed by atoms with Crippen LogP contribution in [-0.2, 0) is 0 Å². The molecule has 138 valence electrons. The average molecular weight is 365 g/mol. The molecule has 0 spiro atoms. The Labute approximate surface area is 156 Å². The standard InChI is InChI=1S/C19H19N5O3/c1-12(25)13-4-6-14(7-5-13)21-18-11-20-24-19(23-18)22-16-9-8-15(26-2)10-17(16)27-3/h4-11H,1-3H3,(H2,21,22,23,24). The van der Waals surface area contributed by atoms with Crippen LogP contribution in [0.5, 0.6) is 11.5 Å². The van der Waals surface area contributed by atoms with Gasteiger partial charge in [-0.25, -0.2) is 0 Å². The normalized spacial score (nSPS) is 10.2. The first-order valence-electron chi connectivity index (χ1n) is 8.16. The van der Waals surface area contributed by atoms with Crippen molar-refractivity contribution in [3.05, 3.63) is 54.2 Å². The minimum atomic E-state index is 0.0187. The second-order valence-electron chi connectivity index (χ2n) is 5.61. The van der Waals surface area contributed by atoms with Gasteiger partial charge >= 0.3 is 0 Å². The molecule has 8 nitrogen and oxygen atoms in total. The number of benzene rings is 2. The highest BCUT2D eigenvalue weighted by molar-refractivity contribution is 5.94. The molecule has 0 amide bonds. The number of carbonyl (C=O) groups is 1. The summed E-state index contributed by atoms with van der Waals surface area (Å²) in [5, 5.41) is 14.1. The van der Waals surface area contributed by atoms with Crippen LogP contribution < -0.4 is 20.1 Å². The molecule has 27 heavy (non-hydrogen) atoms. The van der Waals surface area contributed by atoms with Crippen LogP contribution in [0.2, 0.25) is 0 Å². The predicted molar refractivity (Wildman–Crippen MR) is 102 cm³/mol. The third-order valence-corrected chi connectivity index (χ3v) is 3.78. The molecule has 0 aliphatic carbocycles. The Hall–Kier alpha value is -3.68. The first-order valence-corrected chi connectivity index (χ1v) is 8.16. The van der Waals surface area contributed by atoms with E-state index in [0.717, 1.165) is 5.69 Å². The minimum absolute atomic E-state index is 0.0187. The molecular formula is C19H19N5O3. The number of hydrogen-bond donors (Lipinski definition) is 2. The summed E-state index contributed by atoms with van der Waals surface area (Å²) in [5.41, 5.74) is 2.12. The quantitative estimate of drug-likeness (QED) is 0.613. The molecule has 0 radical (unpaired) electrons. The monoisotopic (exact) mass is 365 g/mol. The fraction of sp³-hybridized carbons (Fsp3) is 0.158. The van der Waals surface area contributed by atoms with Gasteiger partial charge in [0.1, 0.15) is 11.5 Å². The summed E-state index contributed by atoms with van der Waals surface area (Å²) in [6.45, 7) is 1.53. The zero-order valence-corrected chi connectivity index (χ0v) is 15.2. The number of ether oxygens (including phenoxy) is 2. The number of anilines is 4. The van der Waals surface area contributed by atoms with Gasteiger partial charge in [0.2, 0.25) is 5.95 Å². The number of hydrogen-bond acceptors (Lipinski definition) is 8. The molecule has 0 aliphatic rings. The molecule has 0 bridgehead atoms. The van der Waals surface area contributed by atoms with Gasteiger partial charge in [0.15, 0.2) is 11.6 Å². The fourth-order valence-corrected chi connectivity index (χ4v) is 2.38. The summed E-state index contributed by atoms with van der Waals surface area (Å²) in [6, 6.07) is 12.5. The van der Waals surface area contributed by atoms with Crippen LogP contribution in [0, 0.1) is 0 Å². The first kappa shape index (κ1) is 18.1. The van der Waals surface area contributed by atoms with E-state index in [9.17, 15) is 4.79 Å². The van der Waals surface area contributed by atoms with Crippen LogP contribution in [0.3, 0.4) is 0 Å². The Balaban J connectivity index is 1.76. The highest BCUT2D eigenvalue weighted by atomic mass is 16.5. The Morgan fingerprint density at radius 3 is 2.44 bits per heavy atom. The summed E-state index contributed by atoms with van der Waals surface area (Å²) < 4.78 is 10.5. The van der Waals surface area contributed by atoms with Crippen molar-refractivity contribution in [3.8, 4) is 11.5 Å². The van der Waals surface area contributed by atoms with Crippen molar-refractivity contribution in [1.82, 2.24) is 15.2 Å². The van der Waals surface area contributed by atoms with Gasteiger partial charge in [-0.15, -0.1) is 5.10 Å². The molecule has 8 heteroatoms. The molecule has 0 saturated carbocycles. The molecule has 2 aromatic carbocycles. The van der Waals surface area contributed by atoms with Gasteiger partial charge in [0, 0.05) is 17.3 Å². The lowest BCUT2D eigenvalue weighted by Crippen LogP contribution is -2.03. The van der Waals surface area contributed by atoms with Gasteiger partial charge in [-0.2, -0.15) is 10.1 Å². The summed E-state index contributed by atoms with van der Waals surface area (Å²) >= 11 is 0. The molecule has 0 atom stereocenters. The van der Waals surface area contributed by atoms with Crippen molar-refractivity contribution in [1.29, 1.82) is 0 Å². The molecule has 0 saturated heterocycles. The molecule has 0 fully saturated rings. The van der Waals surface area contributed by atoms with Gasteiger partial charge in [0.05, 0.1) is 26.1 Å². The van der Waals surface area contributed by atoms with E-state index < -0.39 is 0 Å². The number of carbonyl (C=O) groups excluding carboxylic acids is 1. The highest BCUT2D eigenvalue weighted by Crippen LogP contribution is 2.30. The van der Waals surface area contributed by atoms with Gasteiger partial charge < -0.3 is 20.1 Å². The lowest BCUT2D eigenvalue weighted by molar-refractivity contribution is 0.101. The van der Waals surface area contributed by atoms with Crippen molar-refractivity contribution in [3.63, 3.8) is 0 Å². The first-order chi connectivity index (χ1) is 13.1. The number of methoxy groups -OCH3 is 2. The fourth-order valence-electron chi connectivity index (χ4n) is 2.38. The average Bonchev–Trinajstić information content (AvgIpc) is 2.69. The smallest absolute Gasteiger partial charge is 0.249 e. The number of nitrogens with one attached hydrogen (secondary N) is 2. The number of nitrogens with zero attached hydrogens (tertiary/aromatic N) is 3. The molecule has 3 aromatic rings. The van der Waals surface area contributed by atoms with E-state index in [1.54, 1.807) is 50.6 Å². The minimum Gasteiger partial charge on any atom is -0.497 e. The number of aromatic nitrogens is 3. The third kappa shape index (κ3) is 4.49. The molecule has 0 aliphatic heterocycles. The Bertz CT molecular complexity index is 944. The van der Waals surface area contributed by atoms with E-state index in [0.29, 0.717) is 34.5 Å². The summed E-state index contributed by atoms with van der Waals surface area (Å²) in [6.07, 6.45) is 1.51. The third-order valence-electron chi connectivity index (χ3n) is 3.78. The summed E-state index contributed by atoms with van der Waals surface area (Å²) in [7, 11) is 3.16. The van der Waals surface area contributed by atoms with Crippen molar-refractivity contribution in [2.24, 2.45) is 0 Å². The Morgan fingerprint density at radius 2 is 1.78 bits per heavy atom. The molecule has 3 rings (SSSR count). The van der Waals surface area contributed by atoms with E-state index in [1.165, 1.54) is 13.1 Å². The number of Topliss-reactive ketones (excluding diaryl/α,β-unsaturated/α-hetero) is 1. The van der Waals surface area contributed by atoms with Crippen LogP contribution in [-0.4, -0.2) is 35.2 Å². The van der Waals surface area contributed by atoms with Crippen molar-refractivity contribution < 1.29 is 14.3 Å². The van der Waals surface area contributed by atoms with Gasteiger partial charge in [-0.05, 0) is 43.3 Å². The second-order valence-corrected chi connectivity index (χ2v) is 5.61. The lowest BCUT2D eigenvalue weighted by atomic mass is 10.1. The maximum atomic E-state index is 11.3. The van der Waals surface area contributed by atoms with Gasteiger partial charge in [-0.1, -0.05) is 0 Å². The molecular weight excluding hydrogens is 346 g/mol. The Kier molecular flexibility index (Phi) is 5.46. The van der Waals surface area contributed by atoms with E-state index in [-0.39, 0.29) is 5.78 Å². The van der Waals surface area contributed by atoms with E-state index >= 15 is 0 Å². The molecule has 2 N–H and O–H groups in total. The topological polar surface area (TPSA) is 98.3 Å².